The SMILES string of the molecule is COC(=O)c1ccc(-n2ncc(C(=O)O)c2SC2CCCC2)cc1. The summed E-state index contributed by atoms with van der Waals surface area (Å²) in [5, 5.41) is 14.7. The van der Waals surface area contributed by atoms with Gasteiger partial charge in [-0.25, -0.2) is 14.3 Å². The van der Waals surface area contributed by atoms with E-state index in [-0.39, 0.29) is 5.56 Å². The van der Waals surface area contributed by atoms with Gasteiger partial charge < -0.3 is 9.84 Å². The van der Waals surface area contributed by atoms with Crippen LogP contribution < -0.4 is 0 Å². The Morgan fingerprint density at radius 3 is 2.50 bits per heavy atom. The predicted molar refractivity (Wildman–Crippen MR) is 90.0 cm³/mol. The van der Waals surface area contributed by atoms with Crippen molar-refractivity contribution in [2.45, 2.75) is 36.0 Å². The van der Waals surface area contributed by atoms with Gasteiger partial charge in [0.2, 0.25) is 0 Å². The monoisotopic (exact) mass is 346 g/mol. The lowest BCUT2D eigenvalue weighted by Crippen LogP contribution is -2.06. The van der Waals surface area contributed by atoms with Crippen molar-refractivity contribution in [2.24, 2.45) is 0 Å². The maximum atomic E-state index is 11.5. The first-order chi connectivity index (χ1) is 11.6. The number of thioether (sulfide) groups is 1. The number of aromatic nitrogens is 2. The first-order valence-electron chi connectivity index (χ1n) is 7.77. The molecule has 0 atom stereocenters. The summed E-state index contributed by atoms with van der Waals surface area (Å²) >= 11 is 1.58. The van der Waals surface area contributed by atoms with Crippen LogP contribution in [0.1, 0.15) is 46.4 Å². The first-order valence-corrected chi connectivity index (χ1v) is 8.65. The van der Waals surface area contributed by atoms with Crippen LogP contribution in [0.4, 0.5) is 0 Å². The molecule has 1 heterocycles. The number of carboxylic acid groups (broad SMARTS) is 1. The number of ether oxygens (including phenoxy) is 1. The molecule has 6 nitrogen and oxygen atoms in total. The zero-order chi connectivity index (χ0) is 17.1. The van der Waals surface area contributed by atoms with Gasteiger partial charge in [0.15, 0.2) is 0 Å². The summed E-state index contributed by atoms with van der Waals surface area (Å²) in [6.07, 6.45) is 5.93. The summed E-state index contributed by atoms with van der Waals surface area (Å²) in [4.78, 5) is 23.0. The number of benzene rings is 1. The quantitative estimate of drug-likeness (QED) is 0.836. The zero-order valence-corrected chi connectivity index (χ0v) is 14.1. The molecule has 1 N–H and O–H groups in total. The summed E-state index contributed by atoms with van der Waals surface area (Å²) in [5.41, 5.74) is 1.37. The van der Waals surface area contributed by atoms with Crippen LogP contribution in [0.15, 0.2) is 35.5 Å². The van der Waals surface area contributed by atoms with Gasteiger partial charge in [-0.15, -0.1) is 11.8 Å². The van der Waals surface area contributed by atoms with Crippen molar-refractivity contribution in [3.05, 3.63) is 41.6 Å². The van der Waals surface area contributed by atoms with Crippen LogP contribution in [0.5, 0.6) is 0 Å². The van der Waals surface area contributed by atoms with Crippen LogP contribution in [0.3, 0.4) is 0 Å². The molecular formula is C17H18N2O4S. The van der Waals surface area contributed by atoms with Crippen molar-refractivity contribution in [2.75, 3.05) is 7.11 Å². The van der Waals surface area contributed by atoms with E-state index < -0.39 is 11.9 Å². The second kappa shape index (κ2) is 7.09. The average molecular weight is 346 g/mol. The summed E-state index contributed by atoms with van der Waals surface area (Å²) in [5.74, 6) is -1.39. The van der Waals surface area contributed by atoms with Crippen LogP contribution in [0.2, 0.25) is 0 Å². The lowest BCUT2D eigenvalue weighted by molar-refractivity contribution is 0.0600. The number of carbonyl (C=O) groups excluding carboxylic acids is 1. The Morgan fingerprint density at radius 2 is 1.92 bits per heavy atom. The van der Waals surface area contributed by atoms with Crippen molar-refractivity contribution >= 4 is 23.7 Å². The molecule has 0 spiro atoms. The summed E-state index contributed by atoms with van der Waals surface area (Å²) in [6.45, 7) is 0. The van der Waals surface area contributed by atoms with E-state index >= 15 is 0 Å². The highest BCUT2D eigenvalue weighted by atomic mass is 32.2. The van der Waals surface area contributed by atoms with Gasteiger partial charge in [0.1, 0.15) is 10.6 Å². The van der Waals surface area contributed by atoms with Crippen LogP contribution >= 0.6 is 11.8 Å². The number of carboxylic acids is 1. The highest BCUT2D eigenvalue weighted by Crippen LogP contribution is 2.37. The van der Waals surface area contributed by atoms with Gasteiger partial charge >= 0.3 is 11.9 Å². The molecule has 7 heteroatoms. The predicted octanol–water partition coefficient (Wildman–Crippen LogP) is 3.39. The molecule has 24 heavy (non-hydrogen) atoms. The van der Waals surface area contributed by atoms with E-state index in [9.17, 15) is 14.7 Å². The highest BCUT2D eigenvalue weighted by Gasteiger charge is 2.24. The van der Waals surface area contributed by atoms with Crippen LogP contribution in [-0.2, 0) is 4.74 Å². The molecule has 1 aromatic carbocycles. The van der Waals surface area contributed by atoms with Crippen molar-refractivity contribution in [1.82, 2.24) is 9.78 Å². The van der Waals surface area contributed by atoms with Crippen molar-refractivity contribution in [3.63, 3.8) is 0 Å². The van der Waals surface area contributed by atoms with E-state index in [1.165, 1.54) is 26.1 Å². The molecule has 0 unspecified atom stereocenters. The molecule has 1 aromatic heterocycles. The zero-order valence-electron chi connectivity index (χ0n) is 13.3. The number of esters is 1. The normalized spacial score (nSPS) is 14.7. The minimum absolute atomic E-state index is 0.212. The van der Waals surface area contributed by atoms with Gasteiger partial charge in [0, 0.05) is 5.25 Å². The fraction of sp³-hybridized carbons (Fsp3) is 0.353. The summed E-state index contributed by atoms with van der Waals surface area (Å²) in [7, 11) is 1.33. The minimum Gasteiger partial charge on any atom is -0.478 e. The van der Waals surface area contributed by atoms with Gasteiger partial charge in [-0.05, 0) is 37.1 Å². The molecule has 0 radical (unpaired) electrons. The number of methoxy groups -OCH3 is 1. The average Bonchev–Trinajstić information content (AvgIpc) is 3.24. The maximum Gasteiger partial charge on any atom is 0.340 e. The van der Waals surface area contributed by atoms with Crippen molar-refractivity contribution in [1.29, 1.82) is 0 Å². The third-order valence-electron chi connectivity index (χ3n) is 4.07. The van der Waals surface area contributed by atoms with Crippen LogP contribution in [0.25, 0.3) is 5.69 Å². The fourth-order valence-electron chi connectivity index (χ4n) is 2.80. The number of rotatable bonds is 5. The van der Waals surface area contributed by atoms with E-state index in [2.05, 4.69) is 9.84 Å². The lowest BCUT2D eigenvalue weighted by atomic mass is 10.2. The Labute approximate surface area is 143 Å². The second-order valence-corrected chi connectivity index (χ2v) is 6.93. The van der Waals surface area contributed by atoms with Crippen LogP contribution in [-0.4, -0.2) is 39.2 Å². The number of carbonyl (C=O) groups is 2. The third kappa shape index (κ3) is 3.31. The van der Waals surface area contributed by atoms with E-state index in [1.54, 1.807) is 40.7 Å². The highest BCUT2D eigenvalue weighted by molar-refractivity contribution is 8.00. The number of nitrogens with zero attached hydrogens (tertiary/aromatic N) is 2. The Hall–Kier alpha value is -2.28. The Kier molecular flexibility index (Phi) is 4.89. The number of aromatic carboxylic acids is 1. The van der Waals surface area contributed by atoms with Crippen molar-refractivity contribution in [3.8, 4) is 5.69 Å². The molecule has 3 rings (SSSR count). The van der Waals surface area contributed by atoms with Gasteiger partial charge in [-0.3, -0.25) is 0 Å². The van der Waals surface area contributed by atoms with E-state index in [0.29, 0.717) is 15.8 Å². The molecule has 1 saturated carbocycles. The molecule has 0 aliphatic heterocycles. The lowest BCUT2D eigenvalue weighted by Gasteiger charge is -2.12. The molecule has 2 aromatic rings. The van der Waals surface area contributed by atoms with Gasteiger partial charge in [0.05, 0.1) is 24.6 Å². The Bertz CT molecular complexity index is 748. The standard InChI is InChI=1S/C17H18N2O4S/c1-23-17(22)11-6-8-12(9-7-11)19-15(14(10-18-19)16(20)21)24-13-4-2-3-5-13/h6-10,13H,2-5H2,1H3,(H,20,21). The molecule has 1 aliphatic carbocycles. The van der Waals surface area contributed by atoms with E-state index in [0.717, 1.165) is 18.5 Å². The van der Waals surface area contributed by atoms with Gasteiger partial charge in [0.25, 0.3) is 0 Å². The van der Waals surface area contributed by atoms with E-state index in [4.69, 9.17) is 0 Å². The Balaban J connectivity index is 1.94. The second-order valence-electron chi connectivity index (χ2n) is 5.64. The minimum atomic E-state index is -0.979. The topological polar surface area (TPSA) is 81.4 Å². The summed E-state index contributed by atoms with van der Waals surface area (Å²) in [6, 6.07) is 6.77. The third-order valence-corrected chi connectivity index (χ3v) is 5.49. The van der Waals surface area contributed by atoms with E-state index in [1.807, 2.05) is 0 Å². The molecule has 0 amide bonds. The first kappa shape index (κ1) is 16.6. The summed E-state index contributed by atoms with van der Waals surface area (Å²) < 4.78 is 6.32. The smallest absolute Gasteiger partial charge is 0.340 e. The Morgan fingerprint density at radius 1 is 1.25 bits per heavy atom. The fourth-order valence-corrected chi connectivity index (χ4v) is 4.21. The molecule has 1 aliphatic rings. The molecular weight excluding hydrogens is 328 g/mol. The van der Waals surface area contributed by atoms with Gasteiger partial charge in [-0.1, -0.05) is 12.8 Å². The molecule has 0 saturated heterocycles. The molecule has 126 valence electrons. The molecule has 1 fully saturated rings. The largest absolute Gasteiger partial charge is 0.478 e. The number of hydrogen-bond acceptors (Lipinski definition) is 5. The number of hydrogen-bond donors (Lipinski definition) is 1. The van der Waals surface area contributed by atoms with Gasteiger partial charge in [-0.2, -0.15) is 5.10 Å². The maximum absolute atomic E-state index is 11.5. The molecule has 0 bridgehead atoms. The van der Waals surface area contributed by atoms with Crippen LogP contribution in [0, 0.1) is 0 Å². The van der Waals surface area contributed by atoms with Crippen molar-refractivity contribution < 1.29 is 19.4 Å².